The first-order valence-electron chi connectivity index (χ1n) is 7.65. The highest BCUT2D eigenvalue weighted by Crippen LogP contribution is 2.36. The third kappa shape index (κ3) is 3.51. The van der Waals surface area contributed by atoms with E-state index in [0.29, 0.717) is 17.9 Å². The van der Waals surface area contributed by atoms with Crippen LogP contribution in [0.4, 0.5) is 18.9 Å². The van der Waals surface area contributed by atoms with Crippen LogP contribution in [0.5, 0.6) is 0 Å². The van der Waals surface area contributed by atoms with Gasteiger partial charge >= 0.3 is 6.18 Å². The van der Waals surface area contributed by atoms with Crippen molar-refractivity contribution < 1.29 is 18.0 Å². The molecular formula is C15H19ClF3N5O. The first kappa shape index (κ1) is 19.3. The average molecular weight is 378 g/mol. The van der Waals surface area contributed by atoms with E-state index in [9.17, 15) is 18.0 Å². The zero-order valence-corrected chi connectivity index (χ0v) is 15.2. The Hall–Kier alpha value is -2.03. The molecule has 0 saturated heterocycles. The van der Waals surface area contributed by atoms with E-state index in [4.69, 9.17) is 11.6 Å². The number of halogens is 4. The van der Waals surface area contributed by atoms with Crippen LogP contribution >= 0.6 is 11.6 Å². The molecule has 0 fully saturated rings. The lowest BCUT2D eigenvalue weighted by atomic mass is 10.2. The third-order valence-corrected chi connectivity index (χ3v) is 4.47. The minimum absolute atomic E-state index is 0.0781. The van der Waals surface area contributed by atoms with Crippen LogP contribution < -0.4 is 5.32 Å². The number of aryl methyl sites for hydroxylation is 2. The highest BCUT2D eigenvalue weighted by Gasteiger charge is 2.39. The number of nitrogens with zero attached hydrogens (tertiary/aromatic N) is 4. The van der Waals surface area contributed by atoms with E-state index in [1.165, 1.54) is 13.8 Å². The predicted octanol–water partition coefficient (Wildman–Crippen LogP) is 3.90. The van der Waals surface area contributed by atoms with Gasteiger partial charge in [0.25, 0.3) is 0 Å². The van der Waals surface area contributed by atoms with Gasteiger partial charge in [-0.15, -0.1) is 0 Å². The van der Waals surface area contributed by atoms with Gasteiger partial charge in [-0.05, 0) is 34.6 Å². The minimum Gasteiger partial charge on any atom is -0.321 e. The average Bonchev–Trinajstić information content (AvgIpc) is 2.97. The summed E-state index contributed by atoms with van der Waals surface area (Å²) in [5, 5.41) is 10.00. The van der Waals surface area contributed by atoms with Gasteiger partial charge < -0.3 is 5.32 Å². The molecule has 0 aliphatic carbocycles. The predicted molar refractivity (Wildman–Crippen MR) is 87.7 cm³/mol. The van der Waals surface area contributed by atoms with E-state index in [1.807, 2.05) is 13.8 Å². The fourth-order valence-electron chi connectivity index (χ4n) is 2.58. The molecule has 0 radical (unpaired) electrons. The third-order valence-electron chi connectivity index (χ3n) is 4.02. The Morgan fingerprint density at radius 1 is 1.24 bits per heavy atom. The van der Waals surface area contributed by atoms with Gasteiger partial charge in [0, 0.05) is 6.54 Å². The summed E-state index contributed by atoms with van der Waals surface area (Å²) in [4.78, 5) is 12.5. The maximum atomic E-state index is 12.9. The SMILES string of the molecule is CCn1nc(C)c(NC(=O)[C@@H](C)n2nc(C(F)(F)F)c(Cl)c2C)c1C. The van der Waals surface area contributed by atoms with Gasteiger partial charge in [0.1, 0.15) is 6.04 Å². The van der Waals surface area contributed by atoms with Crippen LogP contribution in [0.1, 0.15) is 42.7 Å². The molecule has 2 aromatic rings. The molecule has 0 aliphatic heterocycles. The largest absolute Gasteiger partial charge is 0.436 e. The lowest BCUT2D eigenvalue weighted by Gasteiger charge is -2.15. The summed E-state index contributed by atoms with van der Waals surface area (Å²) in [5.41, 5.74) is 0.829. The molecule has 2 aromatic heterocycles. The molecule has 0 saturated carbocycles. The monoisotopic (exact) mass is 377 g/mol. The number of anilines is 1. The van der Waals surface area contributed by atoms with Crippen molar-refractivity contribution in [3.8, 4) is 0 Å². The van der Waals surface area contributed by atoms with Gasteiger partial charge in [-0.3, -0.25) is 14.2 Å². The summed E-state index contributed by atoms with van der Waals surface area (Å²) in [7, 11) is 0. The Morgan fingerprint density at radius 2 is 1.84 bits per heavy atom. The van der Waals surface area contributed by atoms with Crippen molar-refractivity contribution >= 4 is 23.2 Å². The van der Waals surface area contributed by atoms with Crippen molar-refractivity contribution in [3.05, 3.63) is 27.8 Å². The van der Waals surface area contributed by atoms with Crippen LogP contribution in [-0.2, 0) is 17.5 Å². The van der Waals surface area contributed by atoms with Crippen LogP contribution in [0.3, 0.4) is 0 Å². The fourth-order valence-corrected chi connectivity index (χ4v) is 2.81. The van der Waals surface area contributed by atoms with Crippen molar-refractivity contribution in [2.75, 3.05) is 5.32 Å². The number of carbonyl (C=O) groups excluding carboxylic acids is 1. The second-order valence-corrected chi connectivity index (χ2v) is 6.10. The molecule has 2 heterocycles. The molecule has 0 spiro atoms. The van der Waals surface area contributed by atoms with Crippen LogP contribution in [0, 0.1) is 20.8 Å². The molecule has 10 heteroatoms. The molecule has 0 unspecified atom stereocenters. The molecule has 2 rings (SSSR count). The van der Waals surface area contributed by atoms with Gasteiger partial charge in [-0.1, -0.05) is 11.6 Å². The topological polar surface area (TPSA) is 64.7 Å². The number of rotatable bonds is 4. The molecule has 0 bridgehead atoms. The van der Waals surface area contributed by atoms with Crippen molar-refractivity contribution in [3.63, 3.8) is 0 Å². The molecule has 138 valence electrons. The summed E-state index contributed by atoms with van der Waals surface area (Å²) < 4.78 is 41.5. The zero-order chi connectivity index (χ0) is 19.1. The van der Waals surface area contributed by atoms with E-state index >= 15 is 0 Å². The van der Waals surface area contributed by atoms with Crippen LogP contribution in [0.2, 0.25) is 5.02 Å². The van der Waals surface area contributed by atoms with Crippen molar-refractivity contribution in [1.29, 1.82) is 0 Å². The number of aromatic nitrogens is 4. The Kier molecular flexibility index (Phi) is 5.17. The number of hydrogen-bond donors (Lipinski definition) is 1. The Labute approximate surface area is 147 Å². The quantitative estimate of drug-likeness (QED) is 0.878. The van der Waals surface area contributed by atoms with E-state index in [0.717, 1.165) is 10.4 Å². The maximum absolute atomic E-state index is 12.9. The number of hydrogen-bond acceptors (Lipinski definition) is 3. The van der Waals surface area contributed by atoms with Crippen molar-refractivity contribution in [1.82, 2.24) is 19.6 Å². The van der Waals surface area contributed by atoms with Crippen molar-refractivity contribution in [2.45, 2.75) is 53.4 Å². The molecule has 0 aliphatic rings. The molecule has 0 aromatic carbocycles. The number of carbonyl (C=O) groups is 1. The van der Waals surface area contributed by atoms with Gasteiger partial charge in [-0.2, -0.15) is 23.4 Å². The fraction of sp³-hybridized carbons (Fsp3) is 0.533. The Bertz CT molecular complexity index is 809. The van der Waals surface area contributed by atoms with E-state index in [1.54, 1.807) is 11.6 Å². The second kappa shape index (κ2) is 6.70. The van der Waals surface area contributed by atoms with Gasteiger partial charge in [0.15, 0.2) is 5.69 Å². The molecule has 6 nitrogen and oxygen atoms in total. The summed E-state index contributed by atoms with van der Waals surface area (Å²) in [6.45, 7) is 8.96. The standard InChI is InChI=1S/C15H19ClF3N5O/c1-6-23-9(4)12(7(2)21-23)20-14(25)10(5)24-8(3)11(16)13(22-24)15(17,18)19/h10H,6H2,1-5H3,(H,20,25)/t10-/m1/s1. The Balaban J connectivity index is 2.31. The number of nitrogens with one attached hydrogen (secondary N) is 1. The minimum atomic E-state index is -4.68. The van der Waals surface area contributed by atoms with E-state index in [-0.39, 0.29) is 5.69 Å². The van der Waals surface area contributed by atoms with E-state index in [2.05, 4.69) is 15.5 Å². The molecule has 1 N–H and O–H groups in total. The lowest BCUT2D eigenvalue weighted by molar-refractivity contribution is -0.141. The zero-order valence-electron chi connectivity index (χ0n) is 14.5. The smallest absolute Gasteiger partial charge is 0.321 e. The lowest BCUT2D eigenvalue weighted by Crippen LogP contribution is -2.26. The van der Waals surface area contributed by atoms with E-state index < -0.39 is 28.8 Å². The molecule has 1 atom stereocenters. The summed E-state index contributed by atoms with van der Waals surface area (Å²) in [6.07, 6.45) is -4.68. The Morgan fingerprint density at radius 3 is 2.28 bits per heavy atom. The molecule has 1 amide bonds. The number of amides is 1. The molecular weight excluding hydrogens is 359 g/mol. The second-order valence-electron chi connectivity index (χ2n) is 5.72. The van der Waals surface area contributed by atoms with Gasteiger partial charge in [0.05, 0.1) is 27.8 Å². The number of alkyl halides is 3. The van der Waals surface area contributed by atoms with Crippen LogP contribution in [0.25, 0.3) is 0 Å². The van der Waals surface area contributed by atoms with Crippen molar-refractivity contribution in [2.24, 2.45) is 0 Å². The van der Waals surface area contributed by atoms with Crippen LogP contribution in [-0.4, -0.2) is 25.5 Å². The maximum Gasteiger partial charge on any atom is 0.436 e. The summed E-state index contributed by atoms with van der Waals surface area (Å²) >= 11 is 5.73. The van der Waals surface area contributed by atoms with Gasteiger partial charge in [0.2, 0.25) is 5.91 Å². The normalized spacial score (nSPS) is 13.2. The molecule has 25 heavy (non-hydrogen) atoms. The summed E-state index contributed by atoms with van der Waals surface area (Å²) in [6, 6.07) is -0.975. The first-order chi connectivity index (χ1) is 11.5. The summed E-state index contributed by atoms with van der Waals surface area (Å²) in [5.74, 6) is -0.502. The highest BCUT2D eigenvalue weighted by atomic mass is 35.5. The van der Waals surface area contributed by atoms with Crippen LogP contribution in [0.15, 0.2) is 0 Å². The highest BCUT2D eigenvalue weighted by molar-refractivity contribution is 6.32. The first-order valence-corrected chi connectivity index (χ1v) is 8.03. The van der Waals surface area contributed by atoms with Gasteiger partial charge in [-0.25, -0.2) is 0 Å².